The highest BCUT2D eigenvalue weighted by atomic mass is 16.5. The first kappa shape index (κ1) is 23.8. The van der Waals surface area contributed by atoms with Gasteiger partial charge in [-0.05, 0) is 55.0 Å². The molecule has 0 radical (unpaired) electrons. The van der Waals surface area contributed by atoms with Crippen LogP contribution in [0.1, 0.15) is 28.6 Å². The SMILES string of the molecule is COc1cccc([C@@H](c2c(O)cc(C)n(Cc3ccco3)c2=O)N2CCN(c3ccccc3)CC2)c1. The van der Waals surface area contributed by atoms with Crippen molar-refractivity contribution in [1.82, 2.24) is 9.47 Å². The van der Waals surface area contributed by atoms with Crippen LogP contribution in [0.4, 0.5) is 5.69 Å². The molecule has 0 unspecified atom stereocenters. The fraction of sp³-hybridized carbons (Fsp3) is 0.276. The third kappa shape index (κ3) is 4.75. The van der Waals surface area contributed by atoms with Crippen LogP contribution in [0, 0.1) is 6.92 Å². The maximum Gasteiger partial charge on any atom is 0.260 e. The van der Waals surface area contributed by atoms with Crippen LogP contribution in [-0.2, 0) is 6.54 Å². The van der Waals surface area contributed by atoms with Crippen molar-refractivity contribution >= 4 is 5.69 Å². The number of aromatic hydroxyl groups is 1. The second-order valence-corrected chi connectivity index (χ2v) is 9.09. The van der Waals surface area contributed by atoms with Gasteiger partial charge in [-0.3, -0.25) is 9.69 Å². The number of hydrogen-bond donors (Lipinski definition) is 1. The van der Waals surface area contributed by atoms with Gasteiger partial charge < -0.3 is 23.7 Å². The molecule has 2 aromatic heterocycles. The Morgan fingerprint density at radius 1 is 0.972 bits per heavy atom. The first-order valence-corrected chi connectivity index (χ1v) is 12.2. The van der Waals surface area contributed by atoms with E-state index in [2.05, 4.69) is 21.9 Å². The molecule has 0 aliphatic carbocycles. The minimum atomic E-state index is -0.422. The Kier molecular flexibility index (Phi) is 6.82. The number of anilines is 1. The van der Waals surface area contributed by atoms with Crippen molar-refractivity contribution in [3.05, 3.63) is 112 Å². The molecule has 1 N–H and O–H groups in total. The normalized spacial score (nSPS) is 15.1. The van der Waals surface area contributed by atoms with Gasteiger partial charge in [0, 0.05) is 37.6 Å². The van der Waals surface area contributed by atoms with Gasteiger partial charge in [0.15, 0.2) is 0 Å². The van der Waals surface area contributed by atoms with Crippen LogP contribution < -0.4 is 15.2 Å². The molecule has 2 aromatic carbocycles. The highest BCUT2D eigenvalue weighted by Gasteiger charge is 2.32. The molecule has 1 fully saturated rings. The van der Waals surface area contributed by atoms with Crippen molar-refractivity contribution in [2.75, 3.05) is 38.2 Å². The molecule has 186 valence electrons. The van der Waals surface area contributed by atoms with Gasteiger partial charge in [-0.2, -0.15) is 0 Å². The van der Waals surface area contributed by atoms with Crippen molar-refractivity contribution in [3.63, 3.8) is 0 Å². The van der Waals surface area contributed by atoms with Crippen LogP contribution in [0.15, 0.2) is 88.3 Å². The number of pyridine rings is 1. The van der Waals surface area contributed by atoms with Crippen LogP contribution in [0.2, 0.25) is 0 Å². The summed E-state index contributed by atoms with van der Waals surface area (Å²) in [5.74, 6) is 1.40. The largest absolute Gasteiger partial charge is 0.507 e. The Morgan fingerprint density at radius 3 is 2.44 bits per heavy atom. The molecule has 0 saturated carbocycles. The van der Waals surface area contributed by atoms with Crippen LogP contribution in [0.25, 0.3) is 0 Å². The lowest BCUT2D eigenvalue weighted by Crippen LogP contribution is -2.49. The average molecular weight is 486 g/mol. The number of hydrogen-bond acceptors (Lipinski definition) is 6. The van der Waals surface area contributed by atoms with E-state index in [1.165, 1.54) is 5.69 Å². The molecule has 5 rings (SSSR count). The Balaban J connectivity index is 1.55. The van der Waals surface area contributed by atoms with E-state index < -0.39 is 6.04 Å². The van der Waals surface area contributed by atoms with Crippen LogP contribution in [0.5, 0.6) is 11.5 Å². The molecule has 0 bridgehead atoms. The summed E-state index contributed by atoms with van der Waals surface area (Å²) >= 11 is 0. The lowest BCUT2D eigenvalue weighted by Gasteiger charge is -2.40. The number of ether oxygens (including phenoxy) is 1. The number of benzene rings is 2. The molecule has 1 atom stereocenters. The molecule has 1 saturated heterocycles. The Hall–Kier alpha value is -3.97. The third-order valence-corrected chi connectivity index (χ3v) is 6.90. The third-order valence-electron chi connectivity index (χ3n) is 6.90. The number of rotatable bonds is 7. The summed E-state index contributed by atoms with van der Waals surface area (Å²) in [6.07, 6.45) is 1.60. The number of aryl methyl sites for hydroxylation is 1. The molecule has 1 aliphatic heterocycles. The van der Waals surface area contributed by atoms with Crippen LogP contribution in [0.3, 0.4) is 0 Å². The number of methoxy groups -OCH3 is 1. The van der Waals surface area contributed by atoms with Crippen molar-refractivity contribution in [2.45, 2.75) is 19.5 Å². The van der Waals surface area contributed by atoms with Gasteiger partial charge in [0.05, 0.1) is 31.5 Å². The van der Waals surface area contributed by atoms with Gasteiger partial charge in [-0.25, -0.2) is 0 Å². The smallest absolute Gasteiger partial charge is 0.260 e. The summed E-state index contributed by atoms with van der Waals surface area (Å²) < 4.78 is 12.7. The predicted octanol–water partition coefficient (Wildman–Crippen LogP) is 4.42. The summed E-state index contributed by atoms with van der Waals surface area (Å²) in [6.45, 7) is 5.24. The minimum absolute atomic E-state index is 0.00602. The molecular formula is C29H31N3O4. The minimum Gasteiger partial charge on any atom is -0.507 e. The van der Waals surface area contributed by atoms with Crippen molar-refractivity contribution < 1.29 is 14.3 Å². The van der Waals surface area contributed by atoms with Gasteiger partial charge in [0.2, 0.25) is 0 Å². The fourth-order valence-electron chi connectivity index (χ4n) is 5.03. The molecule has 4 aromatic rings. The summed E-state index contributed by atoms with van der Waals surface area (Å²) in [5, 5.41) is 11.1. The monoisotopic (exact) mass is 485 g/mol. The highest BCUT2D eigenvalue weighted by molar-refractivity contribution is 5.47. The van der Waals surface area contributed by atoms with Crippen LogP contribution in [-0.4, -0.2) is 47.9 Å². The molecule has 0 spiro atoms. The van der Waals surface area contributed by atoms with Crippen molar-refractivity contribution in [2.24, 2.45) is 0 Å². The summed E-state index contributed by atoms with van der Waals surface area (Å²) in [7, 11) is 1.63. The summed E-state index contributed by atoms with van der Waals surface area (Å²) in [6, 6.07) is 23.0. The van der Waals surface area contributed by atoms with E-state index in [4.69, 9.17) is 9.15 Å². The molecule has 36 heavy (non-hydrogen) atoms. The molecule has 3 heterocycles. The zero-order chi connectivity index (χ0) is 25.1. The van der Waals surface area contributed by atoms with Gasteiger partial charge in [0.1, 0.15) is 17.3 Å². The first-order valence-electron chi connectivity index (χ1n) is 12.2. The standard InChI is InChI=1S/C29H31N3O4/c1-21-18-26(33)27(29(34)32(21)20-25-12-7-17-36-25)28(22-8-6-11-24(19-22)35-2)31-15-13-30(14-16-31)23-9-4-3-5-10-23/h3-12,17-19,28,33H,13-16,20H2,1-2H3/t28-/m0/s1. The molecular weight excluding hydrogens is 454 g/mol. The summed E-state index contributed by atoms with van der Waals surface area (Å²) in [4.78, 5) is 18.6. The lowest BCUT2D eigenvalue weighted by atomic mass is 9.95. The van der Waals surface area contributed by atoms with E-state index >= 15 is 0 Å². The zero-order valence-corrected chi connectivity index (χ0v) is 20.6. The molecule has 1 aliphatic rings. The lowest BCUT2D eigenvalue weighted by molar-refractivity contribution is 0.207. The maximum atomic E-state index is 13.9. The van der Waals surface area contributed by atoms with E-state index in [0.717, 1.165) is 31.7 Å². The van der Waals surface area contributed by atoms with Crippen molar-refractivity contribution in [3.8, 4) is 11.5 Å². The number of para-hydroxylation sites is 1. The predicted molar refractivity (Wildman–Crippen MR) is 140 cm³/mol. The second-order valence-electron chi connectivity index (χ2n) is 9.09. The maximum absolute atomic E-state index is 13.9. The number of aromatic nitrogens is 1. The zero-order valence-electron chi connectivity index (χ0n) is 20.6. The van der Waals surface area contributed by atoms with Crippen LogP contribution >= 0.6 is 0 Å². The average Bonchev–Trinajstić information content (AvgIpc) is 3.43. The number of nitrogens with zero attached hydrogens (tertiary/aromatic N) is 3. The van der Waals surface area contributed by atoms with Gasteiger partial charge >= 0.3 is 0 Å². The Bertz CT molecular complexity index is 1360. The van der Waals surface area contributed by atoms with E-state index in [1.54, 1.807) is 24.0 Å². The van der Waals surface area contributed by atoms with E-state index in [0.29, 0.717) is 29.3 Å². The van der Waals surface area contributed by atoms with E-state index in [1.807, 2.05) is 61.5 Å². The number of piperazine rings is 1. The van der Waals surface area contributed by atoms with Gasteiger partial charge in [-0.1, -0.05) is 30.3 Å². The Labute approximate surface area is 210 Å². The molecule has 0 amide bonds. The topological polar surface area (TPSA) is 71.1 Å². The van der Waals surface area contributed by atoms with E-state index in [9.17, 15) is 9.90 Å². The first-order chi connectivity index (χ1) is 17.5. The summed E-state index contributed by atoms with van der Waals surface area (Å²) in [5.41, 5.74) is 2.92. The number of furan rings is 1. The van der Waals surface area contributed by atoms with Gasteiger partial charge in [-0.15, -0.1) is 0 Å². The van der Waals surface area contributed by atoms with Crippen molar-refractivity contribution in [1.29, 1.82) is 0 Å². The Morgan fingerprint density at radius 2 is 1.75 bits per heavy atom. The van der Waals surface area contributed by atoms with Gasteiger partial charge in [0.25, 0.3) is 5.56 Å². The fourth-order valence-corrected chi connectivity index (χ4v) is 5.03. The highest BCUT2D eigenvalue weighted by Crippen LogP contribution is 2.35. The molecule has 7 heteroatoms. The van der Waals surface area contributed by atoms with E-state index in [-0.39, 0.29) is 11.3 Å². The second kappa shape index (κ2) is 10.3. The molecule has 7 nitrogen and oxygen atoms in total. The quantitative estimate of drug-likeness (QED) is 0.418.